The van der Waals surface area contributed by atoms with Gasteiger partial charge in [-0.3, -0.25) is 9.48 Å². The molecule has 0 saturated carbocycles. The molecule has 3 rings (SSSR count). The minimum Gasteiger partial charge on any atom is -0.338 e. The summed E-state index contributed by atoms with van der Waals surface area (Å²) in [5.41, 5.74) is 1.11. The highest BCUT2D eigenvalue weighted by Crippen LogP contribution is 2.26. The largest absolute Gasteiger partial charge is 0.338 e. The molecule has 2 atom stereocenters. The van der Waals surface area contributed by atoms with Crippen molar-refractivity contribution in [2.24, 2.45) is 5.92 Å². The van der Waals surface area contributed by atoms with Crippen LogP contribution in [-0.2, 0) is 21.2 Å². The van der Waals surface area contributed by atoms with Gasteiger partial charge in [0.2, 0.25) is 5.91 Å². The summed E-state index contributed by atoms with van der Waals surface area (Å²) in [6.45, 7) is 3.43. The van der Waals surface area contributed by atoms with Crippen molar-refractivity contribution >= 4 is 15.7 Å². The molecule has 0 radical (unpaired) electrons. The summed E-state index contributed by atoms with van der Waals surface area (Å²) in [6.07, 6.45) is 7.35. The SMILES string of the molecule is Cc1cnn(CC2CCCCN2C(=O)C2CCS(=O)(=O)C2)c1. The summed E-state index contributed by atoms with van der Waals surface area (Å²) in [4.78, 5) is 14.6. The second-order valence-electron chi connectivity index (χ2n) is 6.52. The average molecular weight is 325 g/mol. The number of aryl methyl sites for hydroxylation is 1. The molecule has 7 heteroatoms. The zero-order valence-corrected chi connectivity index (χ0v) is 13.8. The molecular formula is C15H23N3O3S. The van der Waals surface area contributed by atoms with E-state index in [0.29, 0.717) is 13.0 Å². The molecule has 0 bridgehead atoms. The van der Waals surface area contributed by atoms with Crippen molar-refractivity contribution in [3.63, 3.8) is 0 Å². The molecule has 22 heavy (non-hydrogen) atoms. The van der Waals surface area contributed by atoms with Crippen molar-refractivity contribution in [3.05, 3.63) is 18.0 Å². The average Bonchev–Trinajstić information content (AvgIpc) is 3.04. The van der Waals surface area contributed by atoms with Crippen molar-refractivity contribution in [1.29, 1.82) is 0 Å². The third-order valence-electron chi connectivity index (χ3n) is 4.65. The zero-order chi connectivity index (χ0) is 15.7. The van der Waals surface area contributed by atoms with Gasteiger partial charge in [0, 0.05) is 12.7 Å². The van der Waals surface area contributed by atoms with Crippen molar-refractivity contribution < 1.29 is 13.2 Å². The molecular weight excluding hydrogens is 302 g/mol. The van der Waals surface area contributed by atoms with Gasteiger partial charge in [-0.2, -0.15) is 5.10 Å². The smallest absolute Gasteiger partial charge is 0.227 e. The number of likely N-dealkylation sites (tertiary alicyclic amines) is 1. The molecule has 1 aromatic rings. The Bertz CT molecular complexity index is 653. The fourth-order valence-electron chi connectivity index (χ4n) is 3.49. The van der Waals surface area contributed by atoms with E-state index in [-0.39, 0.29) is 29.4 Å². The Labute approximate surface area is 131 Å². The Hall–Kier alpha value is -1.37. The van der Waals surface area contributed by atoms with E-state index in [9.17, 15) is 13.2 Å². The first-order valence-electron chi connectivity index (χ1n) is 7.94. The van der Waals surface area contributed by atoms with Gasteiger partial charge < -0.3 is 4.90 Å². The maximum Gasteiger partial charge on any atom is 0.227 e. The fraction of sp³-hybridized carbons (Fsp3) is 0.733. The summed E-state index contributed by atoms with van der Waals surface area (Å²) in [7, 11) is -3.02. The molecule has 0 N–H and O–H groups in total. The Morgan fingerprint density at radius 3 is 2.82 bits per heavy atom. The van der Waals surface area contributed by atoms with Crippen LogP contribution in [0.4, 0.5) is 0 Å². The standard InChI is InChI=1S/C15H23N3O3S/c1-12-8-16-17(9-12)10-14-4-2-3-6-18(14)15(19)13-5-7-22(20,21)11-13/h8-9,13-14H,2-7,10-11H2,1H3. The van der Waals surface area contributed by atoms with E-state index >= 15 is 0 Å². The summed E-state index contributed by atoms with van der Waals surface area (Å²) in [5, 5.41) is 4.31. The molecule has 3 heterocycles. The van der Waals surface area contributed by atoms with Gasteiger partial charge in [0.05, 0.1) is 36.2 Å². The van der Waals surface area contributed by atoms with Gasteiger partial charge in [0.15, 0.2) is 9.84 Å². The van der Waals surface area contributed by atoms with Gasteiger partial charge in [-0.25, -0.2) is 8.42 Å². The highest BCUT2D eigenvalue weighted by molar-refractivity contribution is 7.91. The molecule has 0 aromatic carbocycles. The monoisotopic (exact) mass is 325 g/mol. The molecule has 122 valence electrons. The van der Waals surface area contributed by atoms with Crippen LogP contribution in [0, 0.1) is 12.8 Å². The number of sulfone groups is 1. The van der Waals surface area contributed by atoms with Gasteiger partial charge >= 0.3 is 0 Å². The number of carbonyl (C=O) groups is 1. The van der Waals surface area contributed by atoms with Gasteiger partial charge in [-0.1, -0.05) is 0 Å². The van der Waals surface area contributed by atoms with Crippen LogP contribution in [0.1, 0.15) is 31.2 Å². The number of rotatable bonds is 3. The molecule has 2 unspecified atom stereocenters. The first-order valence-corrected chi connectivity index (χ1v) is 9.77. The van der Waals surface area contributed by atoms with Crippen LogP contribution >= 0.6 is 0 Å². The van der Waals surface area contributed by atoms with E-state index in [4.69, 9.17) is 0 Å². The van der Waals surface area contributed by atoms with Crippen LogP contribution < -0.4 is 0 Å². The van der Waals surface area contributed by atoms with E-state index < -0.39 is 9.84 Å². The Morgan fingerprint density at radius 2 is 2.18 bits per heavy atom. The quantitative estimate of drug-likeness (QED) is 0.831. The Kier molecular flexibility index (Phi) is 4.25. The predicted octanol–water partition coefficient (Wildman–Crippen LogP) is 1.01. The lowest BCUT2D eigenvalue weighted by atomic mass is 9.98. The lowest BCUT2D eigenvalue weighted by molar-refractivity contribution is -0.138. The molecule has 2 aliphatic heterocycles. The van der Waals surface area contributed by atoms with Crippen LogP contribution in [0.2, 0.25) is 0 Å². The van der Waals surface area contributed by atoms with E-state index in [1.165, 1.54) is 0 Å². The number of hydrogen-bond donors (Lipinski definition) is 0. The van der Waals surface area contributed by atoms with E-state index in [0.717, 1.165) is 31.4 Å². The van der Waals surface area contributed by atoms with Crippen LogP contribution in [0.5, 0.6) is 0 Å². The number of piperidine rings is 1. The molecule has 2 aliphatic rings. The van der Waals surface area contributed by atoms with Crippen LogP contribution in [0.15, 0.2) is 12.4 Å². The maximum absolute atomic E-state index is 12.7. The van der Waals surface area contributed by atoms with Gasteiger partial charge in [-0.15, -0.1) is 0 Å². The van der Waals surface area contributed by atoms with Crippen LogP contribution in [-0.4, -0.2) is 53.1 Å². The lowest BCUT2D eigenvalue weighted by Gasteiger charge is -2.37. The number of nitrogens with zero attached hydrogens (tertiary/aromatic N) is 3. The second-order valence-corrected chi connectivity index (χ2v) is 8.75. The van der Waals surface area contributed by atoms with E-state index in [1.54, 1.807) is 0 Å². The number of amides is 1. The topological polar surface area (TPSA) is 72.3 Å². The molecule has 0 aliphatic carbocycles. The molecule has 1 aromatic heterocycles. The maximum atomic E-state index is 12.7. The predicted molar refractivity (Wildman–Crippen MR) is 83.1 cm³/mol. The first kappa shape index (κ1) is 15.5. The minimum atomic E-state index is -3.02. The third kappa shape index (κ3) is 3.34. The molecule has 2 saturated heterocycles. The van der Waals surface area contributed by atoms with Gasteiger partial charge in [0.25, 0.3) is 0 Å². The zero-order valence-electron chi connectivity index (χ0n) is 12.9. The highest BCUT2D eigenvalue weighted by Gasteiger charge is 2.38. The van der Waals surface area contributed by atoms with E-state index in [2.05, 4.69) is 5.10 Å². The number of aromatic nitrogens is 2. The van der Waals surface area contributed by atoms with Crippen LogP contribution in [0.25, 0.3) is 0 Å². The summed E-state index contributed by atoms with van der Waals surface area (Å²) < 4.78 is 25.1. The van der Waals surface area contributed by atoms with Crippen molar-refractivity contribution in [1.82, 2.24) is 14.7 Å². The fourth-order valence-corrected chi connectivity index (χ4v) is 5.22. The Morgan fingerprint density at radius 1 is 1.36 bits per heavy atom. The normalized spacial score (nSPS) is 28.0. The van der Waals surface area contributed by atoms with Crippen molar-refractivity contribution in [2.75, 3.05) is 18.1 Å². The van der Waals surface area contributed by atoms with Crippen LogP contribution in [0.3, 0.4) is 0 Å². The lowest BCUT2D eigenvalue weighted by Crippen LogP contribution is -2.48. The summed E-state index contributed by atoms with van der Waals surface area (Å²) in [5.74, 6) is -0.143. The van der Waals surface area contributed by atoms with Gasteiger partial charge in [0.1, 0.15) is 0 Å². The highest BCUT2D eigenvalue weighted by atomic mass is 32.2. The van der Waals surface area contributed by atoms with E-state index in [1.807, 2.05) is 28.9 Å². The molecule has 1 amide bonds. The Balaban J connectivity index is 1.70. The number of carbonyl (C=O) groups excluding carboxylic acids is 1. The van der Waals surface area contributed by atoms with Gasteiger partial charge in [-0.05, 0) is 38.2 Å². The molecule has 6 nitrogen and oxygen atoms in total. The number of hydrogen-bond acceptors (Lipinski definition) is 4. The third-order valence-corrected chi connectivity index (χ3v) is 6.42. The summed E-state index contributed by atoms with van der Waals surface area (Å²) >= 11 is 0. The summed E-state index contributed by atoms with van der Waals surface area (Å²) in [6, 6.07) is 0.129. The minimum absolute atomic E-state index is 0.0228. The van der Waals surface area contributed by atoms with Crippen molar-refractivity contribution in [3.8, 4) is 0 Å². The molecule has 0 spiro atoms. The van der Waals surface area contributed by atoms with Crippen molar-refractivity contribution in [2.45, 2.75) is 45.2 Å². The molecule has 2 fully saturated rings. The second kappa shape index (κ2) is 6.02. The first-order chi connectivity index (χ1) is 10.4.